The Hall–Kier alpha value is -3.28. The maximum Gasteiger partial charge on any atom is 0.271 e. The molecule has 0 bridgehead atoms. The first-order valence-corrected chi connectivity index (χ1v) is 8.19. The topological polar surface area (TPSA) is 66.9 Å². The Morgan fingerprint density at radius 3 is 2.31 bits per heavy atom. The second-order valence-electron chi connectivity index (χ2n) is 6.10. The highest BCUT2D eigenvalue weighted by atomic mass is 19.1. The van der Waals surface area contributed by atoms with Gasteiger partial charge in [-0.15, -0.1) is 0 Å². The van der Waals surface area contributed by atoms with E-state index in [4.69, 9.17) is 0 Å². The summed E-state index contributed by atoms with van der Waals surface area (Å²) in [5, 5.41) is 5.91. The zero-order chi connectivity index (χ0) is 18.5. The van der Waals surface area contributed by atoms with Gasteiger partial charge in [-0.05, 0) is 54.8 Å². The van der Waals surface area contributed by atoms with Crippen LogP contribution in [0.1, 0.15) is 27.2 Å². The SMILES string of the molecule is Cc1cc(C)cc(Nc2cnc(C(=O)NCc3ccc(F)cc3)cn2)c1. The van der Waals surface area contributed by atoms with Gasteiger partial charge < -0.3 is 10.6 Å². The van der Waals surface area contributed by atoms with Gasteiger partial charge in [-0.1, -0.05) is 18.2 Å². The van der Waals surface area contributed by atoms with Gasteiger partial charge >= 0.3 is 0 Å². The minimum atomic E-state index is -0.334. The van der Waals surface area contributed by atoms with Crippen LogP contribution in [0.15, 0.2) is 54.9 Å². The third-order valence-electron chi connectivity index (χ3n) is 3.74. The molecule has 0 radical (unpaired) electrons. The maximum absolute atomic E-state index is 12.9. The van der Waals surface area contributed by atoms with Gasteiger partial charge in [0.05, 0.1) is 12.4 Å². The normalized spacial score (nSPS) is 10.4. The van der Waals surface area contributed by atoms with E-state index in [1.54, 1.807) is 12.1 Å². The Morgan fingerprint density at radius 2 is 1.69 bits per heavy atom. The lowest BCUT2D eigenvalue weighted by atomic mass is 10.1. The lowest BCUT2D eigenvalue weighted by Crippen LogP contribution is -2.24. The number of hydrogen-bond acceptors (Lipinski definition) is 4. The second kappa shape index (κ2) is 7.74. The number of nitrogens with zero attached hydrogens (tertiary/aromatic N) is 2. The number of carbonyl (C=O) groups is 1. The van der Waals surface area contributed by atoms with E-state index in [0.717, 1.165) is 22.4 Å². The molecule has 0 spiro atoms. The van der Waals surface area contributed by atoms with Gasteiger partial charge in [-0.25, -0.2) is 14.4 Å². The van der Waals surface area contributed by atoms with Crippen LogP contribution in [0.2, 0.25) is 0 Å². The van der Waals surface area contributed by atoms with Crippen LogP contribution >= 0.6 is 0 Å². The summed E-state index contributed by atoms with van der Waals surface area (Å²) in [5.41, 5.74) is 4.25. The van der Waals surface area contributed by atoms with Gasteiger partial charge in [0, 0.05) is 12.2 Å². The Morgan fingerprint density at radius 1 is 1.00 bits per heavy atom. The molecule has 0 unspecified atom stereocenters. The van der Waals surface area contributed by atoms with Crippen molar-refractivity contribution >= 4 is 17.4 Å². The standard InChI is InChI=1S/C20H19FN4O/c1-13-7-14(2)9-17(8-13)25-19-12-22-18(11-23-19)20(26)24-10-15-3-5-16(21)6-4-15/h3-9,11-12H,10H2,1-2H3,(H,23,25)(H,24,26). The molecule has 0 saturated carbocycles. The Balaban J connectivity index is 1.61. The van der Waals surface area contributed by atoms with E-state index in [2.05, 4.69) is 26.7 Å². The highest BCUT2D eigenvalue weighted by Crippen LogP contribution is 2.17. The summed E-state index contributed by atoms with van der Waals surface area (Å²) in [5.74, 6) is -0.0808. The molecule has 2 N–H and O–H groups in total. The van der Waals surface area contributed by atoms with Crippen LogP contribution in [0.3, 0.4) is 0 Å². The third kappa shape index (κ3) is 4.63. The van der Waals surface area contributed by atoms with Crippen molar-refractivity contribution in [1.82, 2.24) is 15.3 Å². The summed E-state index contributed by atoms with van der Waals surface area (Å²) in [4.78, 5) is 20.5. The molecule has 0 saturated heterocycles. The maximum atomic E-state index is 12.9. The molecular weight excluding hydrogens is 331 g/mol. The number of nitrogens with one attached hydrogen (secondary N) is 2. The molecular formula is C20H19FN4O. The van der Waals surface area contributed by atoms with Crippen molar-refractivity contribution < 1.29 is 9.18 Å². The van der Waals surface area contributed by atoms with Crippen LogP contribution < -0.4 is 10.6 Å². The first kappa shape index (κ1) is 17.5. The number of anilines is 2. The summed E-state index contributed by atoms with van der Waals surface area (Å²) in [6.45, 7) is 4.35. The molecule has 2 aromatic carbocycles. The van der Waals surface area contributed by atoms with Gasteiger partial charge in [0.25, 0.3) is 5.91 Å². The van der Waals surface area contributed by atoms with Crippen LogP contribution in [0, 0.1) is 19.7 Å². The largest absolute Gasteiger partial charge is 0.347 e. The lowest BCUT2D eigenvalue weighted by molar-refractivity contribution is 0.0945. The predicted molar refractivity (Wildman–Crippen MR) is 98.8 cm³/mol. The first-order chi connectivity index (χ1) is 12.5. The van der Waals surface area contributed by atoms with Crippen molar-refractivity contribution in [2.75, 3.05) is 5.32 Å². The van der Waals surface area contributed by atoms with Crippen molar-refractivity contribution in [3.63, 3.8) is 0 Å². The molecule has 6 heteroatoms. The van der Waals surface area contributed by atoms with Gasteiger partial charge in [0.1, 0.15) is 17.3 Å². The zero-order valence-corrected chi connectivity index (χ0v) is 14.6. The molecule has 26 heavy (non-hydrogen) atoms. The lowest BCUT2D eigenvalue weighted by Gasteiger charge is -2.08. The van der Waals surface area contributed by atoms with Gasteiger partial charge in [-0.2, -0.15) is 0 Å². The van der Waals surface area contributed by atoms with E-state index >= 15 is 0 Å². The first-order valence-electron chi connectivity index (χ1n) is 8.19. The monoisotopic (exact) mass is 350 g/mol. The number of carbonyl (C=O) groups excluding carboxylic acids is 1. The summed E-state index contributed by atoms with van der Waals surface area (Å²) in [7, 11) is 0. The minimum Gasteiger partial charge on any atom is -0.347 e. The number of benzene rings is 2. The number of aryl methyl sites for hydroxylation is 2. The summed E-state index contributed by atoms with van der Waals surface area (Å²) < 4.78 is 12.9. The average molecular weight is 350 g/mol. The van der Waals surface area contributed by atoms with E-state index in [1.165, 1.54) is 24.5 Å². The van der Waals surface area contributed by atoms with Crippen LogP contribution in [0.5, 0.6) is 0 Å². The molecule has 3 rings (SSSR count). The fraction of sp³-hybridized carbons (Fsp3) is 0.150. The zero-order valence-electron chi connectivity index (χ0n) is 14.6. The molecule has 1 heterocycles. The highest BCUT2D eigenvalue weighted by molar-refractivity contribution is 5.92. The molecule has 132 valence electrons. The molecule has 1 aromatic heterocycles. The van der Waals surface area contributed by atoms with Crippen molar-refractivity contribution in [3.8, 4) is 0 Å². The molecule has 0 aliphatic carbocycles. The molecule has 5 nitrogen and oxygen atoms in total. The van der Waals surface area contributed by atoms with Crippen LogP contribution in [0.25, 0.3) is 0 Å². The number of hydrogen-bond donors (Lipinski definition) is 2. The molecule has 0 aliphatic rings. The highest BCUT2D eigenvalue weighted by Gasteiger charge is 2.08. The minimum absolute atomic E-state index is 0.220. The van der Waals surface area contributed by atoms with Crippen molar-refractivity contribution in [2.24, 2.45) is 0 Å². The number of halogens is 1. The predicted octanol–water partition coefficient (Wildman–Crippen LogP) is 3.91. The molecule has 0 atom stereocenters. The van der Waals surface area contributed by atoms with E-state index in [-0.39, 0.29) is 17.4 Å². The van der Waals surface area contributed by atoms with Crippen LogP contribution in [-0.2, 0) is 6.54 Å². The molecule has 0 aliphatic heterocycles. The molecule has 3 aromatic rings. The summed E-state index contributed by atoms with van der Waals surface area (Å²) >= 11 is 0. The fourth-order valence-electron chi connectivity index (χ4n) is 2.58. The average Bonchev–Trinajstić information content (AvgIpc) is 2.61. The van der Waals surface area contributed by atoms with Crippen molar-refractivity contribution in [2.45, 2.75) is 20.4 Å². The summed E-state index contributed by atoms with van der Waals surface area (Å²) in [6, 6.07) is 12.1. The number of amides is 1. The van der Waals surface area contributed by atoms with E-state index in [1.807, 2.05) is 26.0 Å². The number of rotatable bonds is 5. The van der Waals surface area contributed by atoms with Crippen LogP contribution in [0.4, 0.5) is 15.9 Å². The number of aromatic nitrogens is 2. The molecule has 1 amide bonds. The van der Waals surface area contributed by atoms with E-state index in [9.17, 15) is 9.18 Å². The van der Waals surface area contributed by atoms with E-state index in [0.29, 0.717) is 12.4 Å². The Labute approximate surface area is 151 Å². The second-order valence-corrected chi connectivity index (χ2v) is 6.10. The van der Waals surface area contributed by atoms with Gasteiger partial charge in [0.15, 0.2) is 0 Å². The fourth-order valence-corrected chi connectivity index (χ4v) is 2.58. The van der Waals surface area contributed by atoms with E-state index < -0.39 is 0 Å². The van der Waals surface area contributed by atoms with Crippen LogP contribution in [-0.4, -0.2) is 15.9 Å². The van der Waals surface area contributed by atoms with Crippen molar-refractivity contribution in [1.29, 1.82) is 0 Å². The van der Waals surface area contributed by atoms with Gasteiger partial charge in [-0.3, -0.25) is 4.79 Å². The van der Waals surface area contributed by atoms with Gasteiger partial charge in [0.2, 0.25) is 0 Å². The third-order valence-corrected chi connectivity index (χ3v) is 3.74. The van der Waals surface area contributed by atoms with Crippen molar-refractivity contribution in [3.05, 3.63) is 83.1 Å². The molecule has 0 fully saturated rings. The summed E-state index contributed by atoms with van der Waals surface area (Å²) in [6.07, 6.45) is 2.94. The Kier molecular flexibility index (Phi) is 5.22. The Bertz CT molecular complexity index is 888. The quantitative estimate of drug-likeness (QED) is 0.732. The smallest absolute Gasteiger partial charge is 0.271 e.